The molecule has 2 aromatic heterocycles. The molecular weight excluding hydrogens is 300 g/mol. The van der Waals surface area contributed by atoms with Crippen molar-refractivity contribution in [2.45, 2.75) is 13.5 Å². The Morgan fingerprint density at radius 2 is 2.29 bits per heavy atom. The van der Waals surface area contributed by atoms with Gasteiger partial charge in [-0.25, -0.2) is 4.79 Å². The van der Waals surface area contributed by atoms with E-state index in [0.29, 0.717) is 0 Å². The van der Waals surface area contributed by atoms with Gasteiger partial charge in [-0.15, -0.1) is 11.3 Å². The van der Waals surface area contributed by atoms with Gasteiger partial charge in [0.2, 0.25) is 5.91 Å². The van der Waals surface area contributed by atoms with E-state index in [9.17, 15) is 19.7 Å². The molecule has 9 nitrogen and oxygen atoms in total. The van der Waals surface area contributed by atoms with E-state index in [-0.39, 0.29) is 22.8 Å². The van der Waals surface area contributed by atoms with Gasteiger partial charge >= 0.3 is 11.7 Å². The Labute approximate surface area is 122 Å². The summed E-state index contributed by atoms with van der Waals surface area (Å²) in [7, 11) is 0. The SMILES string of the molecule is Cc1cc(C(=O)O)c(NC(=O)Cn2cc([N+](=O)[O-])cn2)s1. The number of aryl methyl sites for hydroxylation is 1. The fourth-order valence-corrected chi connectivity index (χ4v) is 2.53. The summed E-state index contributed by atoms with van der Waals surface area (Å²) in [5, 5.41) is 25.9. The molecule has 2 aromatic rings. The largest absolute Gasteiger partial charge is 0.478 e. The summed E-state index contributed by atoms with van der Waals surface area (Å²) >= 11 is 1.14. The van der Waals surface area contributed by atoms with Crippen LogP contribution >= 0.6 is 11.3 Å². The third-order valence-electron chi connectivity index (χ3n) is 2.47. The van der Waals surface area contributed by atoms with Gasteiger partial charge in [0.25, 0.3) is 0 Å². The van der Waals surface area contributed by atoms with Crippen molar-refractivity contribution in [3.8, 4) is 0 Å². The molecule has 0 saturated heterocycles. The highest BCUT2D eigenvalue weighted by atomic mass is 32.1. The number of aromatic nitrogens is 2. The lowest BCUT2D eigenvalue weighted by molar-refractivity contribution is -0.385. The van der Waals surface area contributed by atoms with Gasteiger partial charge in [0.1, 0.15) is 23.9 Å². The van der Waals surface area contributed by atoms with Gasteiger partial charge < -0.3 is 10.4 Å². The number of nitrogens with one attached hydrogen (secondary N) is 1. The predicted molar refractivity (Wildman–Crippen MR) is 73.5 cm³/mol. The molecule has 10 heteroatoms. The van der Waals surface area contributed by atoms with Crippen molar-refractivity contribution in [3.05, 3.63) is 39.0 Å². The van der Waals surface area contributed by atoms with E-state index < -0.39 is 16.8 Å². The second-order valence-electron chi connectivity index (χ2n) is 4.11. The van der Waals surface area contributed by atoms with E-state index in [4.69, 9.17) is 5.11 Å². The maximum absolute atomic E-state index is 11.8. The first kappa shape index (κ1) is 14.7. The molecule has 1 amide bonds. The Bertz CT molecular complexity index is 720. The van der Waals surface area contributed by atoms with Crippen LogP contribution in [0.1, 0.15) is 15.2 Å². The molecule has 0 aliphatic rings. The fraction of sp³-hybridized carbons (Fsp3) is 0.182. The highest BCUT2D eigenvalue weighted by Crippen LogP contribution is 2.27. The van der Waals surface area contributed by atoms with Crippen molar-refractivity contribution in [3.63, 3.8) is 0 Å². The van der Waals surface area contributed by atoms with Crippen molar-refractivity contribution in [2.24, 2.45) is 0 Å². The van der Waals surface area contributed by atoms with Crippen LogP contribution in [-0.4, -0.2) is 31.7 Å². The standard InChI is InChI=1S/C11H10N4O5S/c1-6-2-8(11(17)18)10(21-6)13-9(16)5-14-4-7(3-12-14)15(19)20/h2-4H,5H2,1H3,(H,13,16)(H,17,18). The molecule has 2 rings (SSSR count). The number of amides is 1. The lowest BCUT2D eigenvalue weighted by Gasteiger charge is -2.03. The number of carboxylic acid groups (broad SMARTS) is 1. The molecule has 0 radical (unpaired) electrons. The summed E-state index contributed by atoms with van der Waals surface area (Å²) in [5.41, 5.74) is -0.210. The number of thiophene rings is 1. The number of carbonyl (C=O) groups excluding carboxylic acids is 1. The summed E-state index contributed by atoms with van der Waals surface area (Å²) in [5.74, 6) is -1.65. The molecule has 21 heavy (non-hydrogen) atoms. The van der Waals surface area contributed by atoms with Gasteiger partial charge in [-0.2, -0.15) is 5.10 Å². The molecule has 0 unspecified atom stereocenters. The fourth-order valence-electron chi connectivity index (χ4n) is 1.61. The highest BCUT2D eigenvalue weighted by molar-refractivity contribution is 7.16. The maximum Gasteiger partial charge on any atom is 0.338 e. The zero-order valence-electron chi connectivity index (χ0n) is 10.8. The minimum Gasteiger partial charge on any atom is -0.478 e. The van der Waals surface area contributed by atoms with E-state index in [0.717, 1.165) is 33.3 Å². The van der Waals surface area contributed by atoms with Crippen LogP contribution in [0.4, 0.5) is 10.7 Å². The van der Waals surface area contributed by atoms with Crippen LogP contribution in [0, 0.1) is 17.0 Å². The van der Waals surface area contributed by atoms with Crippen LogP contribution < -0.4 is 5.32 Å². The molecule has 0 bridgehead atoms. The van der Waals surface area contributed by atoms with Crippen molar-refractivity contribution < 1.29 is 19.6 Å². The zero-order valence-corrected chi connectivity index (χ0v) is 11.6. The highest BCUT2D eigenvalue weighted by Gasteiger charge is 2.17. The van der Waals surface area contributed by atoms with Crippen LogP contribution in [0.15, 0.2) is 18.5 Å². The Balaban J connectivity index is 2.08. The number of nitrogens with zero attached hydrogens (tertiary/aromatic N) is 3. The molecule has 0 aromatic carbocycles. The average molecular weight is 310 g/mol. The number of hydrogen-bond donors (Lipinski definition) is 2. The topological polar surface area (TPSA) is 127 Å². The minimum absolute atomic E-state index is 0.0114. The van der Waals surface area contributed by atoms with Gasteiger partial charge in [-0.05, 0) is 13.0 Å². The molecule has 0 saturated carbocycles. The van der Waals surface area contributed by atoms with E-state index in [1.54, 1.807) is 6.92 Å². The normalized spacial score (nSPS) is 10.3. The Morgan fingerprint density at radius 3 is 2.86 bits per heavy atom. The molecule has 2 N–H and O–H groups in total. The smallest absolute Gasteiger partial charge is 0.338 e. The summed E-state index contributed by atoms with van der Waals surface area (Å²) in [6.07, 6.45) is 2.16. The molecule has 0 spiro atoms. The zero-order chi connectivity index (χ0) is 15.6. The van der Waals surface area contributed by atoms with Gasteiger partial charge in [-0.3, -0.25) is 19.6 Å². The second kappa shape index (κ2) is 5.71. The molecule has 2 heterocycles. The molecule has 0 atom stereocenters. The number of carbonyl (C=O) groups is 2. The average Bonchev–Trinajstić information content (AvgIpc) is 2.96. The number of nitro groups is 1. The molecule has 110 valence electrons. The lowest BCUT2D eigenvalue weighted by atomic mass is 10.3. The van der Waals surface area contributed by atoms with Gasteiger partial charge in [0.15, 0.2) is 0 Å². The van der Waals surface area contributed by atoms with Crippen molar-refractivity contribution >= 4 is 33.9 Å². The quantitative estimate of drug-likeness (QED) is 0.636. The first-order valence-corrected chi connectivity index (χ1v) is 6.49. The van der Waals surface area contributed by atoms with Crippen LogP contribution in [0.3, 0.4) is 0 Å². The monoisotopic (exact) mass is 310 g/mol. The molecule has 0 aliphatic heterocycles. The Hall–Kier alpha value is -2.75. The van der Waals surface area contributed by atoms with Gasteiger partial charge in [0, 0.05) is 4.88 Å². The number of aromatic carboxylic acids is 1. The van der Waals surface area contributed by atoms with Crippen molar-refractivity contribution in [1.82, 2.24) is 9.78 Å². The second-order valence-corrected chi connectivity index (χ2v) is 5.36. The van der Waals surface area contributed by atoms with E-state index in [2.05, 4.69) is 10.4 Å². The predicted octanol–water partition coefficient (Wildman–Crippen LogP) is 1.50. The van der Waals surface area contributed by atoms with E-state index in [1.807, 2.05) is 0 Å². The first-order chi connectivity index (χ1) is 9.86. The number of rotatable bonds is 5. The van der Waals surface area contributed by atoms with Crippen molar-refractivity contribution in [2.75, 3.05) is 5.32 Å². The van der Waals surface area contributed by atoms with Gasteiger partial charge in [0.05, 0.1) is 10.5 Å². The maximum atomic E-state index is 11.8. The third kappa shape index (κ3) is 3.42. The van der Waals surface area contributed by atoms with Crippen LogP contribution in [0.2, 0.25) is 0 Å². The van der Waals surface area contributed by atoms with Crippen LogP contribution in [0.5, 0.6) is 0 Å². The Kier molecular flexibility index (Phi) is 3.98. The number of anilines is 1. The Morgan fingerprint density at radius 1 is 1.57 bits per heavy atom. The van der Waals surface area contributed by atoms with E-state index in [1.165, 1.54) is 6.07 Å². The van der Waals surface area contributed by atoms with Crippen LogP contribution in [0.25, 0.3) is 0 Å². The number of hydrogen-bond acceptors (Lipinski definition) is 6. The van der Waals surface area contributed by atoms with Crippen LogP contribution in [-0.2, 0) is 11.3 Å². The minimum atomic E-state index is -1.13. The molecule has 0 aliphatic carbocycles. The third-order valence-corrected chi connectivity index (χ3v) is 3.44. The lowest BCUT2D eigenvalue weighted by Crippen LogP contribution is -2.19. The summed E-state index contributed by atoms with van der Waals surface area (Å²) in [4.78, 5) is 33.5. The van der Waals surface area contributed by atoms with Crippen molar-refractivity contribution in [1.29, 1.82) is 0 Å². The van der Waals surface area contributed by atoms with E-state index >= 15 is 0 Å². The summed E-state index contributed by atoms with van der Waals surface area (Å²) in [6.45, 7) is 1.48. The summed E-state index contributed by atoms with van der Waals surface area (Å²) < 4.78 is 1.11. The molecule has 0 fully saturated rings. The first-order valence-electron chi connectivity index (χ1n) is 5.67. The molecular formula is C11H10N4O5S. The van der Waals surface area contributed by atoms with Gasteiger partial charge in [-0.1, -0.05) is 0 Å². The summed E-state index contributed by atoms with van der Waals surface area (Å²) in [6, 6.07) is 1.46. The number of carboxylic acids is 1.